The first-order valence-corrected chi connectivity index (χ1v) is 8.66. The number of hydrogen-bond donors (Lipinski definition) is 1. The molecule has 1 N–H and O–H groups in total. The van der Waals surface area contributed by atoms with Crippen LogP contribution in [0, 0.1) is 11.6 Å². The third kappa shape index (κ3) is 3.60. The lowest BCUT2D eigenvalue weighted by molar-refractivity contribution is -0.116. The van der Waals surface area contributed by atoms with Crippen LogP contribution in [0.15, 0.2) is 53.6 Å². The molecule has 30 heavy (non-hydrogen) atoms. The number of ether oxygens (including phenoxy) is 1. The number of benzene rings is 2. The molecule has 9 nitrogen and oxygen atoms in total. The van der Waals surface area contributed by atoms with E-state index in [1.165, 1.54) is 7.11 Å². The van der Waals surface area contributed by atoms with Crippen LogP contribution in [-0.4, -0.2) is 37.6 Å². The zero-order valence-electron chi connectivity index (χ0n) is 15.5. The van der Waals surface area contributed by atoms with Crippen molar-refractivity contribution in [2.45, 2.75) is 6.54 Å². The summed E-state index contributed by atoms with van der Waals surface area (Å²) in [6.45, 7) is -0.314. The fourth-order valence-corrected chi connectivity index (χ4v) is 2.80. The number of rotatable bonds is 5. The topological polar surface area (TPSA) is 104 Å². The van der Waals surface area contributed by atoms with Gasteiger partial charge in [0.25, 0.3) is 5.56 Å². The molecule has 11 heteroatoms. The summed E-state index contributed by atoms with van der Waals surface area (Å²) in [5.41, 5.74) is -0.379. The van der Waals surface area contributed by atoms with Crippen LogP contribution in [0.3, 0.4) is 0 Å². The van der Waals surface area contributed by atoms with E-state index >= 15 is 0 Å². The van der Waals surface area contributed by atoms with E-state index in [1.54, 1.807) is 24.3 Å². The van der Waals surface area contributed by atoms with Gasteiger partial charge in [0.05, 0.1) is 7.11 Å². The lowest BCUT2D eigenvalue weighted by Gasteiger charge is -2.08. The molecule has 0 unspecified atom stereocenters. The van der Waals surface area contributed by atoms with Crippen LogP contribution in [0.2, 0.25) is 0 Å². The quantitative estimate of drug-likeness (QED) is 0.537. The van der Waals surface area contributed by atoms with E-state index in [0.717, 1.165) is 27.7 Å². The van der Waals surface area contributed by atoms with Crippen LogP contribution in [0.1, 0.15) is 0 Å². The summed E-state index contributed by atoms with van der Waals surface area (Å²) in [6.07, 6.45) is 1.14. The van der Waals surface area contributed by atoms with Crippen molar-refractivity contribution in [3.8, 4) is 11.4 Å². The third-order valence-corrected chi connectivity index (χ3v) is 4.26. The minimum absolute atomic E-state index is 0.0164. The zero-order chi connectivity index (χ0) is 21.3. The van der Waals surface area contributed by atoms with E-state index in [4.69, 9.17) is 4.74 Å². The second-order valence-electron chi connectivity index (χ2n) is 6.22. The van der Waals surface area contributed by atoms with Gasteiger partial charge in [0.2, 0.25) is 5.91 Å². The van der Waals surface area contributed by atoms with Gasteiger partial charge in [-0.2, -0.15) is 4.68 Å². The van der Waals surface area contributed by atoms with Gasteiger partial charge in [-0.15, -0.1) is 5.10 Å². The van der Waals surface area contributed by atoms with Crippen LogP contribution in [0.25, 0.3) is 16.9 Å². The largest absolute Gasteiger partial charge is 0.497 e. The molecule has 1 amide bonds. The van der Waals surface area contributed by atoms with Crippen molar-refractivity contribution in [2.24, 2.45) is 0 Å². The molecule has 0 fully saturated rings. The summed E-state index contributed by atoms with van der Waals surface area (Å²) >= 11 is 0. The number of fused-ring (bicyclic) bond motifs is 1. The molecule has 0 spiro atoms. The van der Waals surface area contributed by atoms with Gasteiger partial charge in [0.15, 0.2) is 17.0 Å². The van der Waals surface area contributed by atoms with Crippen LogP contribution in [-0.2, 0) is 11.3 Å². The predicted molar refractivity (Wildman–Crippen MR) is 102 cm³/mol. The predicted octanol–water partition coefficient (Wildman–Crippen LogP) is 1.90. The first-order valence-electron chi connectivity index (χ1n) is 8.66. The van der Waals surface area contributed by atoms with Gasteiger partial charge in [-0.1, -0.05) is 5.21 Å². The second-order valence-corrected chi connectivity index (χ2v) is 6.22. The Bertz CT molecular complexity index is 1300. The van der Waals surface area contributed by atoms with Crippen molar-refractivity contribution in [3.05, 3.63) is 70.8 Å². The summed E-state index contributed by atoms with van der Waals surface area (Å²) in [6, 6.07) is 9.58. The second kappa shape index (κ2) is 7.70. The maximum absolute atomic E-state index is 14.0. The summed E-state index contributed by atoms with van der Waals surface area (Å²) in [7, 11) is 1.53. The molecule has 4 aromatic rings. The van der Waals surface area contributed by atoms with Crippen LogP contribution in [0.5, 0.6) is 5.75 Å². The van der Waals surface area contributed by atoms with E-state index in [9.17, 15) is 18.4 Å². The van der Waals surface area contributed by atoms with Gasteiger partial charge >= 0.3 is 0 Å². The molecular weight excluding hydrogens is 398 g/mol. The standard InChI is InChI=1S/C19H14F2N6O3/c1-30-13-5-3-12(4-6-13)23-16(28)9-26-10-22-18-17(19(26)29)24-25-27(18)15-7-2-11(20)8-14(15)21/h2-8,10H,9H2,1H3,(H,23,28). The number of carbonyl (C=O) groups excluding carboxylic acids is 1. The number of nitrogens with one attached hydrogen (secondary N) is 1. The van der Waals surface area contributed by atoms with Crippen molar-refractivity contribution < 1.29 is 18.3 Å². The fraction of sp³-hybridized carbons (Fsp3) is 0.105. The van der Waals surface area contributed by atoms with E-state index < -0.39 is 23.1 Å². The van der Waals surface area contributed by atoms with Crippen LogP contribution in [0.4, 0.5) is 14.5 Å². The van der Waals surface area contributed by atoms with E-state index in [1.807, 2.05) is 0 Å². The van der Waals surface area contributed by atoms with Gasteiger partial charge in [-0.25, -0.2) is 13.8 Å². The molecular formula is C19H14F2N6O3. The Balaban J connectivity index is 1.59. The molecule has 0 aliphatic heterocycles. The van der Waals surface area contributed by atoms with E-state index in [0.29, 0.717) is 17.5 Å². The molecule has 2 aromatic carbocycles. The monoisotopic (exact) mass is 412 g/mol. The van der Waals surface area contributed by atoms with Crippen LogP contribution < -0.4 is 15.6 Å². The Hall–Kier alpha value is -4.15. The van der Waals surface area contributed by atoms with Crippen molar-refractivity contribution >= 4 is 22.8 Å². The average molecular weight is 412 g/mol. The Morgan fingerprint density at radius 1 is 1.17 bits per heavy atom. The highest BCUT2D eigenvalue weighted by molar-refractivity contribution is 5.90. The minimum atomic E-state index is -0.883. The minimum Gasteiger partial charge on any atom is -0.497 e. The summed E-state index contributed by atoms with van der Waals surface area (Å²) in [5.74, 6) is -1.45. The Kier molecular flexibility index (Phi) is 4.92. The number of aromatic nitrogens is 5. The van der Waals surface area contributed by atoms with Crippen molar-refractivity contribution in [3.63, 3.8) is 0 Å². The van der Waals surface area contributed by atoms with E-state index in [2.05, 4.69) is 20.6 Å². The number of amides is 1. The first-order chi connectivity index (χ1) is 14.5. The summed E-state index contributed by atoms with van der Waals surface area (Å²) in [4.78, 5) is 29.0. The number of anilines is 1. The van der Waals surface area contributed by atoms with Crippen molar-refractivity contribution in [1.82, 2.24) is 24.5 Å². The maximum atomic E-state index is 14.0. The average Bonchev–Trinajstić information content (AvgIpc) is 3.15. The SMILES string of the molecule is COc1ccc(NC(=O)Cn2cnc3c(nnn3-c3ccc(F)cc3F)c2=O)cc1. The van der Waals surface area contributed by atoms with Gasteiger partial charge in [0, 0.05) is 11.8 Å². The fourth-order valence-electron chi connectivity index (χ4n) is 2.80. The number of carbonyl (C=O) groups is 1. The highest BCUT2D eigenvalue weighted by atomic mass is 19.1. The van der Waals surface area contributed by atoms with Gasteiger partial charge in [-0.3, -0.25) is 14.2 Å². The highest BCUT2D eigenvalue weighted by Gasteiger charge is 2.17. The molecule has 0 aliphatic carbocycles. The number of hydrogen-bond acceptors (Lipinski definition) is 6. The Labute approximate surface area is 167 Å². The molecule has 0 bridgehead atoms. The van der Waals surface area contributed by atoms with E-state index in [-0.39, 0.29) is 23.4 Å². The third-order valence-electron chi connectivity index (χ3n) is 4.26. The normalized spacial score (nSPS) is 10.9. The summed E-state index contributed by atoms with van der Waals surface area (Å²) in [5, 5.41) is 10.1. The highest BCUT2D eigenvalue weighted by Crippen LogP contribution is 2.17. The molecule has 0 saturated heterocycles. The summed E-state index contributed by atoms with van der Waals surface area (Å²) < 4.78 is 34.3. The number of halogens is 2. The molecule has 4 rings (SSSR count). The molecule has 0 saturated carbocycles. The Morgan fingerprint density at radius 3 is 2.63 bits per heavy atom. The zero-order valence-corrected chi connectivity index (χ0v) is 15.5. The molecule has 2 heterocycles. The van der Waals surface area contributed by atoms with Gasteiger partial charge in [-0.05, 0) is 36.4 Å². The molecule has 0 atom stereocenters. The van der Waals surface area contributed by atoms with Crippen LogP contribution >= 0.6 is 0 Å². The molecule has 2 aromatic heterocycles. The van der Waals surface area contributed by atoms with Crippen molar-refractivity contribution in [2.75, 3.05) is 12.4 Å². The smallest absolute Gasteiger partial charge is 0.284 e. The molecule has 0 aliphatic rings. The first kappa shape index (κ1) is 19.2. The van der Waals surface area contributed by atoms with Crippen molar-refractivity contribution in [1.29, 1.82) is 0 Å². The lowest BCUT2D eigenvalue weighted by Crippen LogP contribution is -2.28. The number of nitrogens with zero attached hydrogens (tertiary/aromatic N) is 5. The molecule has 0 radical (unpaired) electrons. The van der Waals surface area contributed by atoms with Gasteiger partial charge < -0.3 is 10.1 Å². The molecule has 152 valence electrons. The number of methoxy groups -OCH3 is 1. The Morgan fingerprint density at radius 2 is 1.93 bits per heavy atom. The lowest BCUT2D eigenvalue weighted by atomic mass is 10.3. The van der Waals surface area contributed by atoms with Gasteiger partial charge in [0.1, 0.15) is 30.1 Å². The maximum Gasteiger partial charge on any atom is 0.284 e.